The summed E-state index contributed by atoms with van der Waals surface area (Å²) in [5.74, 6) is -0.0722. The van der Waals surface area contributed by atoms with Crippen LogP contribution >= 0.6 is 11.6 Å². The van der Waals surface area contributed by atoms with Crippen molar-refractivity contribution in [3.8, 4) is 11.5 Å². The minimum atomic E-state index is -0.521. The van der Waals surface area contributed by atoms with Gasteiger partial charge in [0.05, 0.1) is 11.6 Å². The lowest BCUT2D eigenvalue weighted by Gasteiger charge is -2.10. The van der Waals surface area contributed by atoms with E-state index in [1.807, 2.05) is 6.92 Å². The Morgan fingerprint density at radius 1 is 1.00 bits per heavy atom. The number of carbonyl (C=O) groups is 2. The van der Waals surface area contributed by atoms with Crippen molar-refractivity contribution < 1.29 is 23.8 Å². The van der Waals surface area contributed by atoms with Crippen molar-refractivity contribution >= 4 is 23.4 Å². The topological polar surface area (TPSA) is 85.9 Å². The highest BCUT2D eigenvalue weighted by Crippen LogP contribution is 2.22. The van der Waals surface area contributed by atoms with Crippen LogP contribution in [-0.2, 0) is 9.53 Å². The van der Waals surface area contributed by atoms with Crippen molar-refractivity contribution in [3.63, 3.8) is 0 Å². The maximum Gasteiger partial charge on any atom is 0.276 e. The molecule has 2 aromatic carbocycles. The molecule has 2 amide bonds. The third-order valence-corrected chi connectivity index (χ3v) is 3.62. The second-order valence-corrected chi connectivity index (χ2v) is 5.70. The SMILES string of the molecule is CCOCCOc1cccc(C(=O)NNC(=O)COc2ccccc2Cl)c1. The Labute approximate surface area is 162 Å². The molecule has 0 heterocycles. The quantitative estimate of drug-likeness (QED) is 0.506. The van der Waals surface area contributed by atoms with Gasteiger partial charge in [0, 0.05) is 12.2 Å². The van der Waals surface area contributed by atoms with E-state index >= 15 is 0 Å². The number of benzene rings is 2. The van der Waals surface area contributed by atoms with Gasteiger partial charge in [0.2, 0.25) is 0 Å². The van der Waals surface area contributed by atoms with E-state index in [-0.39, 0.29) is 6.61 Å². The summed E-state index contributed by atoms with van der Waals surface area (Å²) in [5, 5.41) is 0.399. The molecule has 0 aliphatic heterocycles. The lowest BCUT2D eigenvalue weighted by molar-refractivity contribution is -0.123. The van der Waals surface area contributed by atoms with Crippen LogP contribution in [0, 0.1) is 0 Å². The predicted octanol–water partition coefficient (Wildman–Crippen LogP) is 2.60. The van der Waals surface area contributed by atoms with E-state index in [1.165, 1.54) is 0 Å². The molecule has 8 heteroatoms. The van der Waals surface area contributed by atoms with Crippen LogP contribution in [0.5, 0.6) is 11.5 Å². The van der Waals surface area contributed by atoms with Gasteiger partial charge < -0.3 is 14.2 Å². The van der Waals surface area contributed by atoms with E-state index in [0.717, 1.165) is 0 Å². The van der Waals surface area contributed by atoms with Gasteiger partial charge in [-0.15, -0.1) is 0 Å². The van der Waals surface area contributed by atoms with E-state index in [0.29, 0.717) is 41.9 Å². The van der Waals surface area contributed by atoms with Gasteiger partial charge in [-0.05, 0) is 37.3 Å². The van der Waals surface area contributed by atoms with Crippen LogP contribution in [0.1, 0.15) is 17.3 Å². The number of carbonyl (C=O) groups excluding carboxylic acids is 2. The average Bonchev–Trinajstić information content (AvgIpc) is 2.69. The van der Waals surface area contributed by atoms with Gasteiger partial charge in [-0.3, -0.25) is 20.4 Å². The van der Waals surface area contributed by atoms with Crippen LogP contribution in [0.2, 0.25) is 5.02 Å². The Bertz CT molecular complexity index is 769. The highest BCUT2D eigenvalue weighted by molar-refractivity contribution is 6.32. The fourth-order valence-corrected chi connectivity index (χ4v) is 2.22. The molecule has 0 atom stereocenters. The van der Waals surface area contributed by atoms with Gasteiger partial charge in [-0.25, -0.2) is 0 Å². The van der Waals surface area contributed by atoms with Crippen LogP contribution in [0.25, 0.3) is 0 Å². The van der Waals surface area contributed by atoms with Crippen LogP contribution in [0.3, 0.4) is 0 Å². The highest BCUT2D eigenvalue weighted by atomic mass is 35.5. The summed E-state index contributed by atoms with van der Waals surface area (Å²) < 4.78 is 16.0. The van der Waals surface area contributed by atoms with Crippen molar-refractivity contribution in [2.75, 3.05) is 26.4 Å². The molecule has 0 saturated carbocycles. The van der Waals surface area contributed by atoms with Crippen molar-refractivity contribution in [1.82, 2.24) is 10.9 Å². The molecule has 144 valence electrons. The minimum absolute atomic E-state index is 0.287. The zero-order valence-electron chi connectivity index (χ0n) is 14.9. The fourth-order valence-electron chi connectivity index (χ4n) is 2.03. The van der Waals surface area contributed by atoms with E-state index < -0.39 is 11.8 Å². The van der Waals surface area contributed by atoms with E-state index in [4.69, 9.17) is 25.8 Å². The maximum atomic E-state index is 12.1. The summed E-state index contributed by atoms with van der Waals surface area (Å²) in [6, 6.07) is 13.4. The Balaban J connectivity index is 1.77. The van der Waals surface area contributed by atoms with Gasteiger partial charge in [0.15, 0.2) is 6.61 Å². The normalized spacial score (nSPS) is 10.1. The molecule has 2 aromatic rings. The number of amides is 2. The van der Waals surface area contributed by atoms with Gasteiger partial charge >= 0.3 is 0 Å². The number of hydrazine groups is 1. The van der Waals surface area contributed by atoms with Crippen molar-refractivity contribution in [3.05, 3.63) is 59.1 Å². The first-order valence-electron chi connectivity index (χ1n) is 8.37. The zero-order chi connectivity index (χ0) is 19.5. The monoisotopic (exact) mass is 392 g/mol. The van der Waals surface area contributed by atoms with Crippen LogP contribution in [0.4, 0.5) is 0 Å². The number of rotatable bonds is 9. The maximum absolute atomic E-state index is 12.1. The number of halogens is 1. The Morgan fingerprint density at radius 2 is 1.81 bits per heavy atom. The van der Waals surface area contributed by atoms with Crippen LogP contribution in [-0.4, -0.2) is 38.2 Å². The molecule has 2 N–H and O–H groups in total. The van der Waals surface area contributed by atoms with Gasteiger partial charge in [-0.2, -0.15) is 0 Å². The molecule has 0 aromatic heterocycles. The van der Waals surface area contributed by atoms with Gasteiger partial charge in [-0.1, -0.05) is 29.8 Å². The summed E-state index contributed by atoms with van der Waals surface area (Å²) in [7, 11) is 0. The number of hydrogen-bond donors (Lipinski definition) is 2. The van der Waals surface area contributed by atoms with Crippen LogP contribution in [0.15, 0.2) is 48.5 Å². The van der Waals surface area contributed by atoms with E-state index in [2.05, 4.69) is 10.9 Å². The second kappa shape index (κ2) is 11.1. The molecule has 7 nitrogen and oxygen atoms in total. The molecule has 0 radical (unpaired) electrons. The summed E-state index contributed by atoms with van der Waals surface area (Å²) in [6.07, 6.45) is 0. The molecular formula is C19H21ClN2O5. The molecule has 0 unspecified atom stereocenters. The van der Waals surface area contributed by atoms with E-state index in [9.17, 15) is 9.59 Å². The largest absolute Gasteiger partial charge is 0.491 e. The third-order valence-electron chi connectivity index (χ3n) is 3.31. The highest BCUT2D eigenvalue weighted by Gasteiger charge is 2.10. The van der Waals surface area contributed by atoms with Crippen molar-refractivity contribution in [1.29, 1.82) is 0 Å². The predicted molar refractivity (Wildman–Crippen MR) is 101 cm³/mol. The second-order valence-electron chi connectivity index (χ2n) is 5.29. The molecule has 0 saturated heterocycles. The summed E-state index contributed by atoms with van der Waals surface area (Å²) in [6.45, 7) is 3.08. The molecular weight excluding hydrogens is 372 g/mol. The Morgan fingerprint density at radius 3 is 2.59 bits per heavy atom. The van der Waals surface area contributed by atoms with Crippen molar-refractivity contribution in [2.45, 2.75) is 6.92 Å². The van der Waals surface area contributed by atoms with Gasteiger partial charge in [0.1, 0.15) is 18.1 Å². The molecule has 2 rings (SSSR count). The average molecular weight is 393 g/mol. The van der Waals surface area contributed by atoms with Crippen molar-refractivity contribution in [2.24, 2.45) is 0 Å². The third kappa shape index (κ3) is 7.16. The molecule has 0 aliphatic rings. The number of ether oxygens (including phenoxy) is 3. The lowest BCUT2D eigenvalue weighted by Crippen LogP contribution is -2.43. The first kappa shape index (κ1) is 20.5. The minimum Gasteiger partial charge on any atom is -0.491 e. The number of nitrogens with one attached hydrogen (secondary N) is 2. The van der Waals surface area contributed by atoms with E-state index in [1.54, 1.807) is 48.5 Å². The van der Waals surface area contributed by atoms with Crippen LogP contribution < -0.4 is 20.3 Å². The standard InChI is InChI=1S/C19H21ClN2O5/c1-2-25-10-11-26-15-7-5-6-14(12-15)19(24)22-21-18(23)13-27-17-9-4-3-8-16(17)20/h3-9,12H,2,10-11,13H2,1H3,(H,21,23)(H,22,24). The molecule has 0 aliphatic carbocycles. The fraction of sp³-hybridized carbons (Fsp3) is 0.263. The summed E-state index contributed by atoms with van der Waals surface area (Å²) in [4.78, 5) is 23.9. The first-order valence-corrected chi connectivity index (χ1v) is 8.75. The molecule has 0 bridgehead atoms. The smallest absolute Gasteiger partial charge is 0.276 e. The lowest BCUT2D eigenvalue weighted by atomic mass is 10.2. The van der Waals surface area contributed by atoms with Gasteiger partial charge in [0.25, 0.3) is 11.8 Å². The zero-order valence-corrected chi connectivity index (χ0v) is 15.6. The Kier molecular flexibility index (Phi) is 8.41. The molecule has 0 spiro atoms. The molecule has 0 fully saturated rings. The molecule has 27 heavy (non-hydrogen) atoms. The number of hydrogen-bond acceptors (Lipinski definition) is 5. The summed E-state index contributed by atoms with van der Waals surface area (Å²) >= 11 is 5.94. The first-order chi connectivity index (χ1) is 13.1. The summed E-state index contributed by atoms with van der Waals surface area (Å²) in [5.41, 5.74) is 4.95. The number of para-hydroxylation sites is 1. The Hall–Kier alpha value is -2.77.